The Labute approximate surface area is 212 Å². The summed E-state index contributed by atoms with van der Waals surface area (Å²) >= 11 is 0. The zero-order valence-corrected chi connectivity index (χ0v) is 22.3. The Morgan fingerprint density at radius 2 is 1.64 bits per heavy atom. The topological polar surface area (TPSA) is 151 Å². The zero-order valence-electron chi connectivity index (χ0n) is 22.3. The van der Waals surface area contributed by atoms with Gasteiger partial charge in [-0.2, -0.15) is 0 Å². The highest BCUT2D eigenvalue weighted by Gasteiger charge is 2.70. The maximum atomic E-state index is 13.9. The SMILES string of the molecule is CC(C)(C)NC(=O)N[C@H](C(=O)N1C[C@H]2[C@@H]([C@H]1C(=O)NC(CC1CC1)C(=O)C(N)=O)C2(C)C)C1(C)CC1. The van der Waals surface area contributed by atoms with Crippen molar-refractivity contribution < 1.29 is 24.0 Å². The summed E-state index contributed by atoms with van der Waals surface area (Å²) in [6.07, 6.45) is 3.89. The van der Waals surface area contributed by atoms with E-state index in [9.17, 15) is 24.0 Å². The molecule has 4 fully saturated rings. The molecule has 0 aromatic carbocycles. The third-order valence-electron chi connectivity index (χ3n) is 8.65. The summed E-state index contributed by atoms with van der Waals surface area (Å²) in [5, 5.41) is 8.51. The van der Waals surface area contributed by atoms with Gasteiger partial charge in [-0.1, -0.05) is 33.6 Å². The molecule has 36 heavy (non-hydrogen) atoms. The molecule has 200 valence electrons. The van der Waals surface area contributed by atoms with Crippen LogP contribution in [0.5, 0.6) is 0 Å². The number of amides is 5. The van der Waals surface area contributed by atoms with Gasteiger partial charge in [0.1, 0.15) is 12.1 Å². The van der Waals surface area contributed by atoms with Crippen molar-refractivity contribution in [3.63, 3.8) is 0 Å². The van der Waals surface area contributed by atoms with Crippen LogP contribution in [0.3, 0.4) is 0 Å². The fourth-order valence-electron chi connectivity index (χ4n) is 5.85. The summed E-state index contributed by atoms with van der Waals surface area (Å²) in [5.41, 5.74) is 4.30. The van der Waals surface area contributed by atoms with E-state index in [4.69, 9.17) is 5.73 Å². The maximum Gasteiger partial charge on any atom is 0.315 e. The van der Waals surface area contributed by atoms with Crippen molar-refractivity contribution in [2.45, 2.75) is 97.3 Å². The van der Waals surface area contributed by atoms with E-state index in [1.54, 1.807) is 4.90 Å². The first-order chi connectivity index (χ1) is 16.5. The van der Waals surface area contributed by atoms with E-state index in [0.29, 0.717) is 13.0 Å². The second-order valence-corrected chi connectivity index (χ2v) is 13.3. The number of primary amides is 1. The van der Waals surface area contributed by atoms with Crippen molar-refractivity contribution in [2.75, 3.05) is 6.54 Å². The first-order valence-electron chi connectivity index (χ1n) is 13.1. The number of fused-ring (bicyclic) bond motifs is 1. The number of Topliss-reactive ketones (excluding diaryl/α,β-unsaturated/α-hetero) is 1. The number of nitrogens with one attached hydrogen (secondary N) is 3. The van der Waals surface area contributed by atoms with Gasteiger partial charge in [-0.05, 0) is 68.6 Å². The molecule has 5 N–H and O–H groups in total. The molecule has 1 aliphatic heterocycles. The predicted molar refractivity (Wildman–Crippen MR) is 132 cm³/mol. The molecule has 3 saturated carbocycles. The molecule has 0 radical (unpaired) electrons. The van der Waals surface area contributed by atoms with Crippen LogP contribution in [0, 0.1) is 28.6 Å². The van der Waals surface area contributed by atoms with Crippen molar-refractivity contribution in [1.82, 2.24) is 20.9 Å². The largest absolute Gasteiger partial charge is 0.363 e. The van der Waals surface area contributed by atoms with Crippen LogP contribution in [0.15, 0.2) is 0 Å². The normalized spacial score (nSPS) is 28.8. The molecule has 0 aromatic heterocycles. The highest BCUT2D eigenvalue weighted by Crippen LogP contribution is 2.65. The number of urea groups is 1. The lowest BCUT2D eigenvalue weighted by atomic mass is 9.94. The van der Waals surface area contributed by atoms with Crippen molar-refractivity contribution in [3.05, 3.63) is 0 Å². The number of nitrogens with zero attached hydrogens (tertiary/aromatic N) is 1. The molecule has 0 aromatic rings. The van der Waals surface area contributed by atoms with Gasteiger partial charge in [-0.3, -0.25) is 19.2 Å². The van der Waals surface area contributed by atoms with E-state index < -0.39 is 47.3 Å². The van der Waals surface area contributed by atoms with E-state index in [1.807, 2.05) is 27.7 Å². The molecule has 10 heteroatoms. The van der Waals surface area contributed by atoms with Gasteiger partial charge < -0.3 is 26.6 Å². The van der Waals surface area contributed by atoms with Gasteiger partial charge in [0.2, 0.25) is 17.6 Å². The van der Waals surface area contributed by atoms with Crippen LogP contribution in [-0.2, 0) is 19.2 Å². The van der Waals surface area contributed by atoms with Gasteiger partial charge in [0, 0.05) is 12.1 Å². The molecule has 5 atom stereocenters. The number of likely N-dealkylation sites (tertiary alicyclic amines) is 1. The standard InChI is InChI=1S/C26H41N5O5/c1-24(2,3)30-23(36)29-19(26(6)9-10-26)22(35)31-12-14-16(25(14,4)5)17(31)21(34)28-15(11-13-7-8-13)18(32)20(27)33/h13-17,19H,7-12H2,1-6H3,(H2,27,33)(H,28,34)(H2,29,30,36)/t14-,15?,16-,17-,19+/m0/s1. The Bertz CT molecular complexity index is 978. The Hall–Kier alpha value is -2.65. The smallest absolute Gasteiger partial charge is 0.315 e. The fourth-order valence-corrected chi connectivity index (χ4v) is 5.85. The van der Waals surface area contributed by atoms with Crippen molar-refractivity contribution >= 4 is 29.5 Å². The maximum absolute atomic E-state index is 13.9. The highest BCUT2D eigenvalue weighted by molar-refractivity contribution is 6.37. The summed E-state index contributed by atoms with van der Waals surface area (Å²) in [6, 6.07) is -2.92. The van der Waals surface area contributed by atoms with E-state index in [-0.39, 0.29) is 34.5 Å². The quantitative estimate of drug-likeness (QED) is 0.347. The van der Waals surface area contributed by atoms with E-state index in [2.05, 4.69) is 29.8 Å². The number of hydrogen-bond acceptors (Lipinski definition) is 5. The summed E-state index contributed by atoms with van der Waals surface area (Å²) in [6.45, 7) is 12.1. The van der Waals surface area contributed by atoms with Crippen LogP contribution in [0.25, 0.3) is 0 Å². The Kier molecular flexibility index (Phi) is 6.41. The minimum atomic E-state index is -1.07. The molecule has 10 nitrogen and oxygen atoms in total. The number of rotatable bonds is 9. The van der Waals surface area contributed by atoms with E-state index >= 15 is 0 Å². The van der Waals surface area contributed by atoms with Crippen LogP contribution in [0.2, 0.25) is 0 Å². The molecular weight excluding hydrogens is 462 g/mol. The molecule has 3 aliphatic carbocycles. The van der Waals surface area contributed by atoms with Gasteiger partial charge in [-0.15, -0.1) is 0 Å². The summed E-state index contributed by atoms with van der Waals surface area (Å²) in [5.74, 6) is -2.19. The van der Waals surface area contributed by atoms with E-state index in [1.165, 1.54) is 0 Å². The molecule has 0 spiro atoms. The first kappa shape index (κ1) is 26.4. The monoisotopic (exact) mass is 503 g/mol. The Morgan fingerprint density at radius 1 is 1.03 bits per heavy atom. The van der Waals surface area contributed by atoms with Crippen LogP contribution in [-0.4, -0.2) is 64.6 Å². The molecule has 4 aliphatic rings. The van der Waals surface area contributed by atoms with Crippen molar-refractivity contribution in [3.8, 4) is 0 Å². The fraction of sp³-hybridized carbons (Fsp3) is 0.808. The summed E-state index contributed by atoms with van der Waals surface area (Å²) in [4.78, 5) is 65.9. The number of carbonyl (C=O) groups excluding carboxylic acids is 5. The number of carbonyl (C=O) groups is 5. The number of nitrogens with two attached hydrogens (primary N) is 1. The van der Waals surface area contributed by atoms with Crippen molar-refractivity contribution in [2.24, 2.45) is 34.3 Å². The third-order valence-corrected chi connectivity index (χ3v) is 8.65. The summed E-state index contributed by atoms with van der Waals surface area (Å²) in [7, 11) is 0. The predicted octanol–water partition coefficient (Wildman–Crippen LogP) is 1.08. The Morgan fingerprint density at radius 3 is 2.14 bits per heavy atom. The molecular formula is C26H41N5O5. The minimum Gasteiger partial charge on any atom is -0.363 e. The molecule has 1 unspecified atom stereocenters. The average molecular weight is 504 g/mol. The lowest BCUT2D eigenvalue weighted by molar-refractivity contribution is -0.144. The van der Waals surface area contributed by atoms with Gasteiger partial charge >= 0.3 is 6.03 Å². The number of piperidine rings is 1. The lowest BCUT2D eigenvalue weighted by Gasteiger charge is -2.36. The van der Waals surface area contributed by atoms with Gasteiger partial charge in [-0.25, -0.2) is 4.79 Å². The third kappa shape index (κ3) is 5.22. The van der Waals surface area contributed by atoms with Crippen LogP contribution in [0.4, 0.5) is 4.79 Å². The minimum absolute atomic E-state index is 0.0530. The lowest BCUT2D eigenvalue weighted by Crippen LogP contribution is -2.61. The molecule has 4 rings (SSSR count). The second kappa shape index (κ2) is 8.73. The van der Waals surface area contributed by atoms with Crippen LogP contribution in [0.1, 0.15) is 73.6 Å². The van der Waals surface area contributed by atoms with Crippen LogP contribution < -0.4 is 21.7 Å². The second-order valence-electron chi connectivity index (χ2n) is 13.3. The van der Waals surface area contributed by atoms with Crippen LogP contribution >= 0.6 is 0 Å². The molecule has 5 amide bonds. The summed E-state index contributed by atoms with van der Waals surface area (Å²) < 4.78 is 0. The highest BCUT2D eigenvalue weighted by atomic mass is 16.2. The van der Waals surface area contributed by atoms with E-state index in [0.717, 1.165) is 25.7 Å². The molecule has 1 heterocycles. The van der Waals surface area contributed by atoms with Gasteiger partial charge in [0.15, 0.2) is 0 Å². The van der Waals surface area contributed by atoms with Gasteiger partial charge in [0.25, 0.3) is 5.91 Å². The average Bonchev–Trinajstić information content (AvgIpc) is 3.70. The van der Waals surface area contributed by atoms with Gasteiger partial charge in [0.05, 0.1) is 6.04 Å². The number of hydrogen-bond donors (Lipinski definition) is 4. The zero-order chi connectivity index (χ0) is 26.8. The molecule has 1 saturated heterocycles. The first-order valence-corrected chi connectivity index (χ1v) is 13.1. The number of ketones is 1. The van der Waals surface area contributed by atoms with Crippen molar-refractivity contribution in [1.29, 1.82) is 0 Å². The molecule has 0 bridgehead atoms. The Balaban J connectivity index is 1.54.